The van der Waals surface area contributed by atoms with E-state index in [2.05, 4.69) is 4.98 Å². The normalized spacial score (nSPS) is 16.8. The average Bonchev–Trinajstić information content (AvgIpc) is 3.20. The standard InChI is InChI=1S/C24H25N3O5S2/c28-23(15-19-17-33-24(25-19)18-5-2-1-3-6-18)26-9-11-27(12-10-26)34(29,30)20-7-8-21-22(16-20)32-14-4-13-31-21/h1-3,5-8,16-17H,4,9-15H2. The van der Waals surface area contributed by atoms with E-state index in [9.17, 15) is 13.2 Å². The van der Waals surface area contributed by atoms with Crippen LogP contribution in [-0.2, 0) is 21.2 Å². The first-order chi connectivity index (χ1) is 16.5. The average molecular weight is 500 g/mol. The molecule has 10 heteroatoms. The fraction of sp³-hybridized carbons (Fsp3) is 0.333. The van der Waals surface area contributed by atoms with Gasteiger partial charge in [0.15, 0.2) is 11.5 Å². The third kappa shape index (κ3) is 4.79. The van der Waals surface area contributed by atoms with Crippen LogP contribution in [0.5, 0.6) is 11.5 Å². The van der Waals surface area contributed by atoms with Gasteiger partial charge < -0.3 is 14.4 Å². The number of fused-ring (bicyclic) bond motifs is 1. The van der Waals surface area contributed by atoms with Crippen molar-refractivity contribution in [1.82, 2.24) is 14.2 Å². The third-order valence-electron chi connectivity index (χ3n) is 5.85. The molecule has 0 bridgehead atoms. The molecule has 0 N–H and O–H groups in total. The molecule has 2 aromatic carbocycles. The SMILES string of the molecule is O=C(Cc1csc(-c2ccccc2)n1)N1CCN(S(=O)(=O)c2ccc3c(c2)OCCCO3)CC1. The van der Waals surface area contributed by atoms with Gasteiger partial charge in [0.1, 0.15) is 5.01 Å². The number of thiazole rings is 1. The summed E-state index contributed by atoms with van der Waals surface area (Å²) in [7, 11) is -3.69. The van der Waals surface area contributed by atoms with Gasteiger partial charge in [-0.1, -0.05) is 30.3 Å². The predicted octanol–water partition coefficient (Wildman–Crippen LogP) is 3.05. The topological polar surface area (TPSA) is 89.0 Å². The van der Waals surface area contributed by atoms with Crippen molar-refractivity contribution in [3.8, 4) is 22.1 Å². The highest BCUT2D eigenvalue weighted by atomic mass is 32.2. The van der Waals surface area contributed by atoms with Crippen LogP contribution in [0.1, 0.15) is 12.1 Å². The molecular weight excluding hydrogens is 474 g/mol. The molecule has 0 unspecified atom stereocenters. The largest absolute Gasteiger partial charge is 0.490 e. The molecule has 3 heterocycles. The number of ether oxygens (including phenoxy) is 2. The third-order valence-corrected chi connectivity index (χ3v) is 8.69. The summed E-state index contributed by atoms with van der Waals surface area (Å²) in [6, 6.07) is 14.6. The Bertz CT molecular complexity index is 1270. The van der Waals surface area contributed by atoms with Crippen LogP contribution in [0.25, 0.3) is 10.6 Å². The highest BCUT2D eigenvalue weighted by Crippen LogP contribution is 2.33. The fourth-order valence-corrected chi connectivity index (χ4v) is 6.26. The second-order valence-corrected chi connectivity index (χ2v) is 10.9. The van der Waals surface area contributed by atoms with E-state index in [1.54, 1.807) is 17.0 Å². The van der Waals surface area contributed by atoms with Gasteiger partial charge in [-0.15, -0.1) is 11.3 Å². The van der Waals surface area contributed by atoms with E-state index in [0.717, 1.165) is 22.7 Å². The van der Waals surface area contributed by atoms with Crippen molar-refractivity contribution in [2.75, 3.05) is 39.4 Å². The molecule has 0 atom stereocenters. The van der Waals surface area contributed by atoms with E-state index in [1.165, 1.54) is 21.7 Å². The second kappa shape index (κ2) is 9.73. The van der Waals surface area contributed by atoms with Crippen molar-refractivity contribution >= 4 is 27.3 Å². The Morgan fingerprint density at radius 3 is 2.47 bits per heavy atom. The Morgan fingerprint density at radius 2 is 1.71 bits per heavy atom. The molecule has 1 fully saturated rings. The zero-order chi connectivity index (χ0) is 23.5. The molecule has 8 nitrogen and oxygen atoms in total. The monoisotopic (exact) mass is 499 g/mol. The van der Waals surface area contributed by atoms with Crippen LogP contribution in [0.2, 0.25) is 0 Å². The molecule has 2 aliphatic heterocycles. The molecule has 0 aliphatic carbocycles. The summed E-state index contributed by atoms with van der Waals surface area (Å²) in [6.45, 7) is 2.22. The van der Waals surface area contributed by atoms with Crippen molar-refractivity contribution in [1.29, 1.82) is 0 Å². The van der Waals surface area contributed by atoms with Gasteiger partial charge in [0.05, 0.1) is 30.2 Å². The summed E-state index contributed by atoms with van der Waals surface area (Å²) in [5.41, 5.74) is 1.76. The van der Waals surface area contributed by atoms with Crippen LogP contribution >= 0.6 is 11.3 Å². The first kappa shape index (κ1) is 22.8. The Labute approximate surface area is 202 Å². The molecule has 0 saturated carbocycles. The second-order valence-electron chi connectivity index (χ2n) is 8.13. The molecule has 3 aromatic rings. The number of carbonyl (C=O) groups excluding carboxylic acids is 1. The minimum absolute atomic E-state index is 0.0439. The van der Waals surface area contributed by atoms with Gasteiger partial charge in [0.25, 0.3) is 0 Å². The zero-order valence-electron chi connectivity index (χ0n) is 18.6. The smallest absolute Gasteiger partial charge is 0.243 e. The van der Waals surface area contributed by atoms with Gasteiger partial charge in [-0.25, -0.2) is 13.4 Å². The lowest BCUT2D eigenvalue weighted by molar-refractivity contribution is -0.131. The van der Waals surface area contributed by atoms with Crippen LogP contribution in [0.4, 0.5) is 0 Å². The lowest BCUT2D eigenvalue weighted by Crippen LogP contribution is -2.50. The van der Waals surface area contributed by atoms with E-state index in [1.807, 2.05) is 35.7 Å². The van der Waals surface area contributed by atoms with Crippen molar-refractivity contribution in [2.45, 2.75) is 17.7 Å². The van der Waals surface area contributed by atoms with Crippen LogP contribution in [0.15, 0.2) is 58.8 Å². The molecule has 1 aromatic heterocycles. The van der Waals surface area contributed by atoms with Gasteiger partial charge in [-0.3, -0.25) is 4.79 Å². The van der Waals surface area contributed by atoms with E-state index in [4.69, 9.17) is 9.47 Å². The highest BCUT2D eigenvalue weighted by Gasteiger charge is 2.31. The zero-order valence-corrected chi connectivity index (χ0v) is 20.2. The van der Waals surface area contributed by atoms with Gasteiger partial charge >= 0.3 is 0 Å². The van der Waals surface area contributed by atoms with E-state index in [0.29, 0.717) is 37.8 Å². The van der Waals surface area contributed by atoms with Crippen LogP contribution in [0, 0.1) is 0 Å². The van der Waals surface area contributed by atoms with E-state index < -0.39 is 10.0 Å². The summed E-state index contributed by atoms with van der Waals surface area (Å²) in [6.07, 6.45) is 0.958. The quantitative estimate of drug-likeness (QED) is 0.536. The summed E-state index contributed by atoms with van der Waals surface area (Å²) < 4.78 is 39.0. The molecular formula is C24H25N3O5S2. The molecule has 178 valence electrons. The van der Waals surface area contributed by atoms with E-state index >= 15 is 0 Å². The van der Waals surface area contributed by atoms with Crippen molar-refractivity contribution in [2.24, 2.45) is 0 Å². The first-order valence-corrected chi connectivity index (χ1v) is 13.5. The Morgan fingerprint density at radius 1 is 0.971 bits per heavy atom. The minimum Gasteiger partial charge on any atom is -0.490 e. The predicted molar refractivity (Wildman–Crippen MR) is 129 cm³/mol. The Kier molecular flexibility index (Phi) is 6.53. The van der Waals surface area contributed by atoms with Crippen LogP contribution < -0.4 is 9.47 Å². The number of nitrogens with zero attached hydrogens (tertiary/aromatic N) is 3. The molecule has 5 rings (SSSR count). The molecule has 34 heavy (non-hydrogen) atoms. The highest BCUT2D eigenvalue weighted by molar-refractivity contribution is 7.89. The van der Waals surface area contributed by atoms with Crippen molar-refractivity contribution in [3.05, 3.63) is 59.6 Å². The number of hydrogen-bond acceptors (Lipinski definition) is 7. The summed E-state index contributed by atoms with van der Waals surface area (Å²) in [5.74, 6) is 0.965. The number of amides is 1. The number of sulfonamides is 1. The molecule has 2 aliphatic rings. The maximum Gasteiger partial charge on any atom is 0.243 e. The lowest BCUT2D eigenvalue weighted by atomic mass is 10.2. The van der Waals surface area contributed by atoms with Crippen molar-refractivity contribution in [3.63, 3.8) is 0 Å². The number of aromatic nitrogens is 1. The van der Waals surface area contributed by atoms with Gasteiger partial charge in [-0.05, 0) is 12.1 Å². The number of carbonyl (C=O) groups is 1. The van der Waals surface area contributed by atoms with Gasteiger partial charge in [-0.2, -0.15) is 4.31 Å². The van der Waals surface area contributed by atoms with E-state index in [-0.39, 0.29) is 30.3 Å². The summed E-state index contributed by atoms with van der Waals surface area (Å²) >= 11 is 1.52. The number of benzene rings is 2. The number of rotatable bonds is 5. The Hall–Kier alpha value is -2.95. The molecule has 1 saturated heterocycles. The van der Waals surface area contributed by atoms with Crippen molar-refractivity contribution < 1.29 is 22.7 Å². The minimum atomic E-state index is -3.69. The maximum atomic E-state index is 13.2. The van der Waals surface area contributed by atoms with Gasteiger partial charge in [0.2, 0.25) is 15.9 Å². The van der Waals surface area contributed by atoms with Crippen LogP contribution in [0.3, 0.4) is 0 Å². The summed E-state index contributed by atoms with van der Waals surface area (Å²) in [5, 5.41) is 2.79. The molecule has 1 amide bonds. The Balaban J connectivity index is 1.20. The summed E-state index contributed by atoms with van der Waals surface area (Å²) in [4.78, 5) is 19.3. The van der Waals surface area contributed by atoms with Gasteiger partial charge in [0, 0.05) is 49.6 Å². The van der Waals surface area contributed by atoms with Crippen LogP contribution in [-0.4, -0.2) is 67.9 Å². The molecule has 0 spiro atoms. The number of hydrogen-bond donors (Lipinski definition) is 0. The lowest BCUT2D eigenvalue weighted by Gasteiger charge is -2.34. The first-order valence-electron chi connectivity index (χ1n) is 11.2. The maximum absolute atomic E-state index is 13.2. The fourth-order valence-electron chi connectivity index (χ4n) is 4.00. The molecule has 0 radical (unpaired) electrons. The number of piperazine rings is 1.